The first kappa shape index (κ1) is 44.8. The Morgan fingerprint density at radius 1 is 0.742 bits per heavy atom. The second-order valence-corrected chi connectivity index (χ2v) is 19.0. The number of aromatic amines is 1. The highest BCUT2D eigenvalue weighted by Crippen LogP contribution is 2.41. The van der Waals surface area contributed by atoms with Gasteiger partial charge in [-0.2, -0.15) is 0 Å². The minimum Gasteiger partial charge on any atom is -0.508 e. The average Bonchev–Trinajstić information content (AvgIpc) is 4.15. The van der Waals surface area contributed by atoms with Crippen LogP contribution < -0.4 is 31.7 Å². The van der Waals surface area contributed by atoms with Gasteiger partial charge in [0.1, 0.15) is 53.0 Å². The van der Waals surface area contributed by atoms with Crippen LogP contribution in [-0.2, 0) is 41.6 Å². The van der Waals surface area contributed by atoms with Gasteiger partial charge < -0.3 is 51.6 Å². The first-order valence-electron chi connectivity index (χ1n) is 23.6. The number of aromatic hydroxyl groups is 1. The Kier molecular flexibility index (Phi) is 12.8. The summed E-state index contributed by atoms with van der Waals surface area (Å²) >= 11 is 0. The van der Waals surface area contributed by atoms with Gasteiger partial charge in [0.2, 0.25) is 35.4 Å². The number of nitrogens with zero attached hydrogens (tertiary/aromatic N) is 2. The molecule has 2 saturated carbocycles. The quantitative estimate of drug-likeness (QED) is 0.143. The average molecular weight is 901 g/mol. The molecule has 16 nitrogen and oxygen atoms in total. The minimum absolute atomic E-state index is 0.0530. The zero-order valence-corrected chi connectivity index (χ0v) is 37.3. The van der Waals surface area contributed by atoms with Crippen LogP contribution in [0.1, 0.15) is 88.7 Å². The lowest BCUT2D eigenvalue weighted by atomic mass is 9.84. The maximum atomic E-state index is 15.0. The number of carbonyl (C=O) groups excluding carboxylic acids is 6. The van der Waals surface area contributed by atoms with Gasteiger partial charge in [0, 0.05) is 48.6 Å². The molecule has 3 aromatic carbocycles. The molecular formula is C50H60N8O8. The third-order valence-electron chi connectivity index (χ3n) is 14.6. The van der Waals surface area contributed by atoms with Crippen molar-refractivity contribution in [3.8, 4) is 17.2 Å². The number of nitrogens with one attached hydrogen (secondary N) is 5. The Morgan fingerprint density at radius 2 is 1.44 bits per heavy atom. The zero-order valence-electron chi connectivity index (χ0n) is 37.3. The maximum Gasteiger partial charge on any atom is 0.247 e. The van der Waals surface area contributed by atoms with Crippen LogP contribution in [0.3, 0.4) is 0 Å². The molecule has 0 radical (unpaired) electrons. The van der Waals surface area contributed by atoms with Crippen molar-refractivity contribution in [2.24, 2.45) is 11.7 Å². The fraction of sp³-hybridized carbons (Fsp3) is 0.480. The molecule has 3 saturated heterocycles. The molecule has 0 bridgehead atoms. The second kappa shape index (κ2) is 18.8. The molecule has 1 aromatic heterocycles. The summed E-state index contributed by atoms with van der Waals surface area (Å²) in [6.07, 6.45) is 8.54. The van der Waals surface area contributed by atoms with Gasteiger partial charge >= 0.3 is 0 Å². The number of ether oxygens (including phenoxy) is 1. The summed E-state index contributed by atoms with van der Waals surface area (Å²) in [6, 6.07) is 14.6. The lowest BCUT2D eigenvalue weighted by Gasteiger charge is -2.38. The summed E-state index contributed by atoms with van der Waals surface area (Å²) in [5.41, 5.74) is 7.38. The molecule has 9 rings (SSSR count). The predicted octanol–water partition coefficient (Wildman–Crippen LogP) is 3.85. The first-order chi connectivity index (χ1) is 31.9. The SMILES string of the molecule is CC(N)[C@@H]1NC(=O)[C@H](Cc2c[nH]c3ccccc23)NC(=O)C2(CCCC2)NC(=O)[C@H](Cc2ccc(Oc3ccc(O)cc3)cc2)NC(=O)[C@@H]2C[C@@H]3CCCC[C@@H]3N2C(=O)[C@H]2CCCN2C1=O. The van der Waals surface area contributed by atoms with E-state index in [2.05, 4.69) is 26.3 Å². The number of phenols is 1. The number of para-hydroxylation sites is 1. The van der Waals surface area contributed by atoms with Crippen LogP contribution in [0.4, 0.5) is 0 Å². The van der Waals surface area contributed by atoms with Gasteiger partial charge in [-0.1, -0.05) is 56.0 Å². The number of fused-ring (bicyclic) bond motifs is 5. The van der Waals surface area contributed by atoms with Crippen molar-refractivity contribution < 1.29 is 38.6 Å². The molecule has 3 aliphatic heterocycles. The number of aromatic nitrogens is 1. The fourth-order valence-electron chi connectivity index (χ4n) is 11.1. The van der Waals surface area contributed by atoms with E-state index < -0.39 is 71.3 Å². The number of hydrogen-bond donors (Lipinski definition) is 7. The molecule has 6 amide bonds. The van der Waals surface area contributed by atoms with Crippen molar-refractivity contribution in [2.45, 2.75) is 138 Å². The van der Waals surface area contributed by atoms with Gasteiger partial charge in [0.25, 0.3) is 0 Å². The number of hydrogen-bond acceptors (Lipinski definition) is 9. The van der Waals surface area contributed by atoms with Crippen molar-refractivity contribution in [1.29, 1.82) is 0 Å². The third-order valence-corrected chi connectivity index (χ3v) is 14.6. The Hall–Kier alpha value is -6.42. The smallest absolute Gasteiger partial charge is 0.247 e. The van der Waals surface area contributed by atoms with E-state index in [9.17, 15) is 29.1 Å². The predicted molar refractivity (Wildman–Crippen MR) is 245 cm³/mol. The highest BCUT2D eigenvalue weighted by atomic mass is 16.5. The van der Waals surface area contributed by atoms with Crippen molar-refractivity contribution in [3.05, 3.63) is 90.1 Å². The molecule has 5 fully saturated rings. The molecule has 4 aromatic rings. The number of nitrogens with two attached hydrogens (primary N) is 1. The van der Waals surface area contributed by atoms with Gasteiger partial charge in [-0.3, -0.25) is 28.8 Å². The Morgan fingerprint density at radius 3 is 2.18 bits per heavy atom. The van der Waals surface area contributed by atoms with Crippen LogP contribution in [0.5, 0.6) is 17.2 Å². The van der Waals surface area contributed by atoms with Gasteiger partial charge in [-0.25, -0.2) is 0 Å². The van der Waals surface area contributed by atoms with Gasteiger partial charge in [-0.05, 0) is 111 Å². The van der Waals surface area contributed by atoms with Crippen LogP contribution in [0.25, 0.3) is 10.9 Å². The molecule has 1 spiro atoms. The van der Waals surface area contributed by atoms with Crippen LogP contribution >= 0.6 is 0 Å². The second-order valence-electron chi connectivity index (χ2n) is 19.0. The van der Waals surface area contributed by atoms with Gasteiger partial charge in [0.05, 0.1) is 0 Å². The molecule has 2 aliphatic carbocycles. The van der Waals surface area contributed by atoms with Crippen molar-refractivity contribution in [1.82, 2.24) is 36.1 Å². The maximum absolute atomic E-state index is 15.0. The van der Waals surface area contributed by atoms with Crippen LogP contribution in [0.2, 0.25) is 0 Å². The largest absolute Gasteiger partial charge is 0.508 e. The van der Waals surface area contributed by atoms with E-state index >= 15 is 4.79 Å². The van der Waals surface area contributed by atoms with E-state index in [0.29, 0.717) is 62.0 Å². The molecule has 16 heteroatoms. The summed E-state index contributed by atoms with van der Waals surface area (Å²) < 4.78 is 5.97. The van der Waals surface area contributed by atoms with Gasteiger partial charge in [0.15, 0.2) is 0 Å². The Balaban J connectivity index is 1.08. The van der Waals surface area contributed by atoms with Crippen LogP contribution in [-0.4, -0.2) is 110 Å². The number of phenolic OH excluding ortho intramolecular Hbond substituents is 1. The van der Waals surface area contributed by atoms with Crippen LogP contribution in [0.15, 0.2) is 79.0 Å². The van der Waals surface area contributed by atoms with Crippen molar-refractivity contribution in [2.75, 3.05) is 6.54 Å². The zero-order chi connectivity index (χ0) is 46.1. The minimum atomic E-state index is -1.42. The van der Waals surface area contributed by atoms with Crippen LogP contribution in [0, 0.1) is 5.92 Å². The number of amides is 6. The van der Waals surface area contributed by atoms with E-state index in [4.69, 9.17) is 10.5 Å². The Labute approximate surface area is 383 Å². The standard InChI is InChI=1S/C50H60N8O8/c1-29(51)43-48(64)57-24-8-13-41(57)47(63)58-40-12-5-2-9-31(40)27-42(58)46(62)53-38(25-30-14-18-34(19-15-30)66-35-20-16-33(59)17-21-35)45(61)56-50(22-6-7-23-50)49(65)54-39(44(60)55-43)26-32-28-52-37-11-4-3-10-36(32)37/h3-4,10-11,14-21,28-29,31,38-43,52,59H,2,5-9,12-13,22-27,51H2,1H3,(H,53,62)(H,54,65)(H,55,60)(H,56,61)/t29?,31-,38-,39-,40-,41+,42-,43-/m0/s1. The van der Waals surface area contributed by atoms with E-state index in [0.717, 1.165) is 42.1 Å². The summed E-state index contributed by atoms with van der Waals surface area (Å²) in [5.74, 6) is -1.79. The van der Waals surface area contributed by atoms with Gasteiger partial charge in [-0.15, -0.1) is 0 Å². The van der Waals surface area contributed by atoms with E-state index in [1.54, 1.807) is 54.4 Å². The normalized spacial score (nSPS) is 27.8. The molecule has 66 heavy (non-hydrogen) atoms. The molecule has 1 unspecified atom stereocenters. The highest BCUT2D eigenvalue weighted by molar-refractivity contribution is 6.00. The number of rotatable bonds is 7. The summed E-state index contributed by atoms with van der Waals surface area (Å²) in [5, 5.41) is 22.6. The fourth-order valence-corrected chi connectivity index (χ4v) is 11.1. The van der Waals surface area contributed by atoms with E-state index in [-0.39, 0.29) is 43.0 Å². The lowest BCUT2D eigenvalue weighted by molar-refractivity contribution is -0.150. The summed E-state index contributed by atoms with van der Waals surface area (Å²) in [6.45, 7) is 1.90. The summed E-state index contributed by atoms with van der Waals surface area (Å²) in [4.78, 5) is 95.4. The molecule has 5 aliphatic rings. The number of H-pyrrole nitrogens is 1. The molecule has 8 N–H and O–H groups in total. The van der Waals surface area contributed by atoms with E-state index in [1.165, 1.54) is 17.0 Å². The molecule has 4 heterocycles. The molecular weight excluding hydrogens is 841 g/mol. The lowest BCUT2D eigenvalue weighted by Crippen LogP contribution is -2.66. The molecule has 348 valence electrons. The molecule has 8 atom stereocenters. The monoisotopic (exact) mass is 900 g/mol. The number of benzene rings is 3. The van der Waals surface area contributed by atoms with Crippen molar-refractivity contribution in [3.63, 3.8) is 0 Å². The highest BCUT2D eigenvalue weighted by Gasteiger charge is 2.52. The third kappa shape index (κ3) is 9.07. The van der Waals surface area contributed by atoms with E-state index in [1.807, 2.05) is 24.3 Å². The first-order valence-corrected chi connectivity index (χ1v) is 23.6. The number of carbonyl (C=O) groups is 6. The topological polar surface area (TPSA) is 228 Å². The summed E-state index contributed by atoms with van der Waals surface area (Å²) in [7, 11) is 0. The van der Waals surface area contributed by atoms with Crippen molar-refractivity contribution >= 4 is 46.3 Å². The Bertz CT molecular complexity index is 2470.